The Balaban J connectivity index is 1.89. The molecule has 0 fully saturated rings. The SMILES string of the molecule is NCC1CCOc2c(C(=O)c3cccc4c(=O)[nH]ccc34)cccc21. The van der Waals surface area contributed by atoms with E-state index in [1.54, 1.807) is 36.5 Å². The summed E-state index contributed by atoms with van der Waals surface area (Å²) < 4.78 is 5.82. The minimum atomic E-state index is -0.207. The topological polar surface area (TPSA) is 85.2 Å². The number of ether oxygens (including phenoxy) is 1. The predicted octanol–water partition coefficient (Wildman–Crippen LogP) is 2.58. The van der Waals surface area contributed by atoms with Crippen LogP contribution in [0.25, 0.3) is 10.8 Å². The molecule has 1 aliphatic heterocycles. The number of hydrogen-bond acceptors (Lipinski definition) is 4. The third-order valence-electron chi connectivity index (χ3n) is 4.79. The fourth-order valence-corrected chi connectivity index (χ4v) is 3.48. The first-order valence-corrected chi connectivity index (χ1v) is 8.31. The molecule has 0 saturated heterocycles. The number of benzene rings is 2. The second kappa shape index (κ2) is 6.18. The maximum atomic E-state index is 13.2. The van der Waals surface area contributed by atoms with Crippen molar-refractivity contribution in [3.63, 3.8) is 0 Å². The van der Waals surface area contributed by atoms with Gasteiger partial charge in [0.25, 0.3) is 5.56 Å². The summed E-state index contributed by atoms with van der Waals surface area (Å²) in [6, 6.07) is 12.5. The summed E-state index contributed by atoms with van der Waals surface area (Å²) in [5, 5.41) is 1.14. The van der Waals surface area contributed by atoms with Crippen LogP contribution < -0.4 is 16.0 Å². The number of H-pyrrole nitrogens is 1. The molecule has 1 unspecified atom stereocenters. The zero-order chi connectivity index (χ0) is 17.4. The Hall–Kier alpha value is -2.92. The van der Waals surface area contributed by atoms with Crippen LogP contribution in [-0.2, 0) is 0 Å². The standard InChI is InChI=1S/C20H18N2O3/c21-11-12-8-10-25-19-13(12)3-1-6-17(19)18(23)15-4-2-5-16-14(15)7-9-22-20(16)24/h1-7,9,12H,8,10-11,21H2,(H,22,24). The molecule has 1 aliphatic rings. The first-order chi connectivity index (χ1) is 12.2. The van der Waals surface area contributed by atoms with Crippen molar-refractivity contribution in [1.29, 1.82) is 0 Å². The van der Waals surface area contributed by atoms with E-state index in [0.717, 1.165) is 12.0 Å². The molecule has 2 heterocycles. The number of hydrogen-bond donors (Lipinski definition) is 2. The molecule has 0 amide bonds. The number of aromatic nitrogens is 1. The summed E-state index contributed by atoms with van der Waals surface area (Å²) >= 11 is 0. The third-order valence-corrected chi connectivity index (χ3v) is 4.79. The van der Waals surface area contributed by atoms with E-state index in [0.29, 0.717) is 40.8 Å². The number of fused-ring (bicyclic) bond motifs is 2. The van der Waals surface area contributed by atoms with Gasteiger partial charge in [0.2, 0.25) is 0 Å². The molecule has 2 aromatic carbocycles. The number of nitrogens with two attached hydrogens (primary N) is 1. The molecule has 3 N–H and O–H groups in total. The van der Waals surface area contributed by atoms with Gasteiger partial charge in [-0.15, -0.1) is 0 Å². The normalized spacial score (nSPS) is 16.3. The number of ketones is 1. The molecular weight excluding hydrogens is 316 g/mol. The van der Waals surface area contributed by atoms with Crippen molar-refractivity contribution in [1.82, 2.24) is 4.98 Å². The van der Waals surface area contributed by atoms with Gasteiger partial charge >= 0.3 is 0 Å². The summed E-state index contributed by atoms with van der Waals surface area (Å²) in [5.41, 5.74) is 7.66. The quantitative estimate of drug-likeness (QED) is 0.721. The van der Waals surface area contributed by atoms with E-state index in [1.165, 1.54) is 0 Å². The zero-order valence-corrected chi connectivity index (χ0v) is 13.6. The highest BCUT2D eigenvalue weighted by molar-refractivity contribution is 6.17. The Morgan fingerprint density at radius 2 is 1.92 bits per heavy atom. The van der Waals surface area contributed by atoms with Gasteiger partial charge in [0.05, 0.1) is 12.2 Å². The highest BCUT2D eigenvalue weighted by atomic mass is 16.5. The number of aromatic amines is 1. The van der Waals surface area contributed by atoms with Gasteiger partial charge in [-0.3, -0.25) is 9.59 Å². The first-order valence-electron chi connectivity index (χ1n) is 8.31. The molecule has 0 spiro atoms. The average Bonchev–Trinajstić information content (AvgIpc) is 2.66. The molecule has 5 nitrogen and oxygen atoms in total. The maximum Gasteiger partial charge on any atom is 0.255 e. The number of rotatable bonds is 3. The van der Waals surface area contributed by atoms with Crippen LogP contribution in [0.4, 0.5) is 0 Å². The summed E-state index contributed by atoms with van der Waals surface area (Å²) in [7, 11) is 0. The highest BCUT2D eigenvalue weighted by Crippen LogP contribution is 2.37. The van der Waals surface area contributed by atoms with Gasteiger partial charge in [-0.05, 0) is 42.1 Å². The predicted molar refractivity (Wildman–Crippen MR) is 96.4 cm³/mol. The second-order valence-electron chi connectivity index (χ2n) is 6.20. The van der Waals surface area contributed by atoms with Crippen LogP contribution in [-0.4, -0.2) is 23.9 Å². The number of nitrogens with one attached hydrogen (secondary N) is 1. The van der Waals surface area contributed by atoms with Crippen LogP contribution in [0, 0.1) is 0 Å². The van der Waals surface area contributed by atoms with Crippen LogP contribution in [0.1, 0.15) is 33.8 Å². The van der Waals surface area contributed by atoms with Crippen LogP contribution in [0.15, 0.2) is 53.5 Å². The molecular formula is C20H18N2O3. The molecule has 3 aromatic rings. The molecule has 4 rings (SSSR count). The fraction of sp³-hybridized carbons (Fsp3) is 0.200. The van der Waals surface area contributed by atoms with Crippen molar-refractivity contribution in [3.8, 4) is 5.75 Å². The minimum Gasteiger partial charge on any atom is -0.492 e. The van der Waals surface area contributed by atoms with Crippen LogP contribution >= 0.6 is 0 Å². The van der Waals surface area contributed by atoms with Crippen molar-refractivity contribution < 1.29 is 9.53 Å². The lowest BCUT2D eigenvalue weighted by atomic mass is 9.89. The molecule has 126 valence electrons. The Bertz CT molecular complexity index is 1020. The monoisotopic (exact) mass is 334 g/mol. The Kier molecular flexibility index (Phi) is 3.86. The Morgan fingerprint density at radius 3 is 2.76 bits per heavy atom. The Labute approximate surface area is 144 Å². The van der Waals surface area contributed by atoms with Gasteiger partial charge in [0.15, 0.2) is 5.78 Å². The number of pyridine rings is 1. The van der Waals surface area contributed by atoms with Crippen molar-refractivity contribution in [2.75, 3.05) is 13.2 Å². The molecule has 0 bridgehead atoms. The lowest BCUT2D eigenvalue weighted by Gasteiger charge is -2.26. The van der Waals surface area contributed by atoms with Crippen molar-refractivity contribution in [2.45, 2.75) is 12.3 Å². The number of carbonyl (C=O) groups is 1. The minimum absolute atomic E-state index is 0.147. The summed E-state index contributed by atoms with van der Waals surface area (Å²) in [6.45, 7) is 1.08. The van der Waals surface area contributed by atoms with Gasteiger partial charge in [-0.25, -0.2) is 0 Å². The number of carbonyl (C=O) groups excluding carboxylic acids is 1. The van der Waals surface area contributed by atoms with E-state index < -0.39 is 0 Å². The molecule has 5 heteroatoms. The highest BCUT2D eigenvalue weighted by Gasteiger charge is 2.26. The molecule has 1 aromatic heterocycles. The molecule has 1 atom stereocenters. The molecule has 0 aliphatic carbocycles. The smallest absolute Gasteiger partial charge is 0.255 e. The van der Waals surface area contributed by atoms with Gasteiger partial charge in [0, 0.05) is 23.1 Å². The van der Waals surface area contributed by atoms with Gasteiger partial charge < -0.3 is 15.5 Å². The van der Waals surface area contributed by atoms with Gasteiger partial charge in [0.1, 0.15) is 5.75 Å². The third kappa shape index (κ3) is 2.53. The van der Waals surface area contributed by atoms with Crippen LogP contribution in [0.3, 0.4) is 0 Å². The summed E-state index contributed by atoms with van der Waals surface area (Å²) in [6.07, 6.45) is 2.41. The Morgan fingerprint density at radius 1 is 1.12 bits per heavy atom. The second-order valence-corrected chi connectivity index (χ2v) is 6.20. The maximum absolute atomic E-state index is 13.2. The van der Waals surface area contributed by atoms with E-state index in [9.17, 15) is 9.59 Å². The van der Waals surface area contributed by atoms with Crippen LogP contribution in [0.5, 0.6) is 5.75 Å². The van der Waals surface area contributed by atoms with Crippen LogP contribution in [0.2, 0.25) is 0 Å². The summed E-state index contributed by atoms with van der Waals surface area (Å²) in [5.74, 6) is 0.675. The average molecular weight is 334 g/mol. The van der Waals surface area contributed by atoms with E-state index in [4.69, 9.17) is 10.5 Å². The zero-order valence-electron chi connectivity index (χ0n) is 13.6. The number of para-hydroxylation sites is 1. The largest absolute Gasteiger partial charge is 0.492 e. The van der Waals surface area contributed by atoms with Crippen molar-refractivity contribution in [3.05, 3.63) is 75.7 Å². The fourth-order valence-electron chi connectivity index (χ4n) is 3.48. The molecule has 0 radical (unpaired) electrons. The lowest BCUT2D eigenvalue weighted by molar-refractivity contribution is 0.103. The molecule has 0 saturated carbocycles. The van der Waals surface area contributed by atoms with E-state index in [2.05, 4.69) is 4.98 Å². The van der Waals surface area contributed by atoms with Gasteiger partial charge in [-0.1, -0.05) is 24.3 Å². The van der Waals surface area contributed by atoms with Crippen molar-refractivity contribution >= 4 is 16.6 Å². The van der Waals surface area contributed by atoms with E-state index >= 15 is 0 Å². The lowest BCUT2D eigenvalue weighted by Crippen LogP contribution is -2.22. The molecule has 25 heavy (non-hydrogen) atoms. The van der Waals surface area contributed by atoms with Gasteiger partial charge in [-0.2, -0.15) is 0 Å². The first kappa shape index (κ1) is 15.6. The van der Waals surface area contributed by atoms with E-state index in [-0.39, 0.29) is 17.3 Å². The van der Waals surface area contributed by atoms with E-state index in [1.807, 2.05) is 12.1 Å². The summed E-state index contributed by atoms with van der Waals surface area (Å²) in [4.78, 5) is 27.9. The van der Waals surface area contributed by atoms with Crippen molar-refractivity contribution in [2.24, 2.45) is 5.73 Å².